The second-order valence-corrected chi connectivity index (χ2v) is 7.68. The highest BCUT2D eigenvalue weighted by Gasteiger charge is 2.37. The molecule has 1 aromatic rings. The van der Waals surface area contributed by atoms with E-state index in [4.69, 9.17) is 11.6 Å². The molecule has 1 aliphatic rings. The maximum atomic E-state index is 12.4. The number of sulfonamides is 1. The summed E-state index contributed by atoms with van der Waals surface area (Å²) < 4.78 is 27.3. The third kappa shape index (κ3) is 4.19. The van der Waals surface area contributed by atoms with Crippen molar-refractivity contribution in [2.75, 3.05) is 27.2 Å². The number of rotatable bonds is 5. The van der Waals surface area contributed by atoms with Crippen LogP contribution in [0.4, 0.5) is 0 Å². The van der Waals surface area contributed by atoms with E-state index in [0.29, 0.717) is 23.7 Å². The maximum Gasteiger partial charge on any atom is 0.225 e. The summed E-state index contributed by atoms with van der Waals surface area (Å²) in [6.07, 6.45) is 0. The van der Waals surface area contributed by atoms with Crippen molar-refractivity contribution in [1.29, 1.82) is 0 Å². The molecule has 0 spiro atoms. The fourth-order valence-electron chi connectivity index (χ4n) is 2.66. The van der Waals surface area contributed by atoms with Crippen molar-refractivity contribution in [3.05, 3.63) is 34.9 Å². The summed E-state index contributed by atoms with van der Waals surface area (Å²) >= 11 is 6.01. The van der Waals surface area contributed by atoms with Crippen molar-refractivity contribution in [2.24, 2.45) is 5.92 Å². The zero-order chi connectivity index (χ0) is 16.3. The molecule has 2 atom stereocenters. The van der Waals surface area contributed by atoms with E-state index in [9.17, 15) is 13.2 Å². The third-order valence-electron chi connectivity index (χ3n) is 3.72. The first-order chi connectivity index (χ1) is 10.3. The molecule has 1 saturated heterocycles. The summed E-state index contributed by atoms with van der Waals surface area (Å²) in [6.45, 7) is 1.03. The Balaban J connectivity index is 2.11. The summed E-state index contributed by atoms with van der Waals surface area (Å²) in [7, 11) is -0.169. The highest BCUT2D eigenvalue weighted by molar-refractivity contribution is 7.88. The molecule has 0 unspecified atom stereocenters. The molecule has 1 aromatic carbocycles. The Labute approximate surface area is 135 Å². The standard InChI is InChI=1S/C14H20ClN3O3S/c1-16-14(19)11-7-18(2)8-13(11)17-22(20,21)9-10-5-3-4-6-12(10)15/h3-6,11,13,17H,7-9H2,1-2H3,(H,16,19)/t11-,13-/m0/s1. The number of likely N-dealkylation sites (tertiary alicyclic amines) is 1. The van der Waals surface area contributed by atoms with Crippen LogP contribution < -0.4 is 10.0 Å². The molecule has 0 bridgehead atoms. The predicted octanol–water partition coefficient (Wildman–Crippen LogP) is 0.436. The summed E-state index contributed by atoms with van der Waals surface area (Å²) in [4.78, 5) is 13.8. The van der Waals surface area contributed by atoms with E-state index in [1.54, 1.807) is 31.3 Å². The topological polar surface area (TPSA) is 78.5 Å². The molecule has 1 aliphatic heterocycles. The van der Waals surface area contributed by atoms with Gasteiger partial charge in [0.25, 0.3) is 0 Å². The van der Waals surface area contributed by atoms with Gasteiger partial charge in [0, 0.05) is 31.2 Å². The number of benzene rings is 1. The van der Waals surface area contributed by atoms with E-state index in [0.717, 1.165) is 0 Å². The fourth-order valence-corrected chi connectivity index (χ4v) is 4.39. The smallest absolute Gasteiger partial charge is 0.225 e. The van der Waals surface area contributed by atoms with Crippen LogP contribution in [0.15, 0.2) is 24.3 Å². The van der Waals surface area contributed by atoms with Gasteiger partial charge in [0.2, 0.25) is 15.9 Å². The van der Waals surface area contributed by atoms with Gasteiger partial charge in [-0.05, 0) is 18.7 Å². The molecule has 2 rings (SSSR count). The van der Waals surface area contributed by atoms with Gasteiger partial charge < -0.3 is 10.2 Å². The van der Waals surface area contributed by atoms with Crippen LogP contribution in [0.5, 0.6) is 0 Å². The van der Waals surface area contributed by atoms with Crippen LogP contribution in [-0.4, -0.2) is 52.5 Å². The number of amides is 1. The first-order valence-corrected chi connectivity index (χ1v) is 8.99. The molecule has 2 N–H and O–H groups in total. The molecule has 22 heavy (non-hydrogen) atoms. The van der Waals surface area contributed by atoms with Gasteiger partial charge >= 0.3 is 0 Å². The maximum absolute atomic E-state index is 12.4. The van der Waals surface area contributed by atoms with Gasteiger partial charge in [0.1, 0.15) is 0 Å². The molecule has 0 aromatic heterocycles. The lowest BCUT2D eigenvalue weighted by atomic mass is 10.0. The average molecular weight is 346 g/mol. The zero-order valence-electron chi connectivity index (χ0n) is 12.5. The molecule has 8 heteroatoms. The van der Waals surface area contributed by atoms with Crippen LogP contribution in [0, 0.1) is 5.92 Å². The van der Waals surface area contributed by atoms with E-state index in [1.807, 2.05) is 11.9 Å². The third-order valence-corrected chi connectivity index (χ3v) is 5.44. The van der Waals surface area contributed by atoms with Gasteiger partial charge in [0.05, 0.1) is 11.7 Å². The van der Waals surface area contributed by atoms with E-state index >= 15 is 0 Å². The molecule has 122 valence electrons. The SMILES string of the molecule is CNC(=O)[C@H]1CN(C)C[C@@H]1NS(=O)(=O)Cc1ccccc1Cl. The minimum atomic E-state index is -3.58. The normalized spacial score (nSPS) is 22.7. The summed E-state index contributed by atoms with van der Waals surface area (Å²) in [5, 5.41) is 3.00. The van der Waals surface area contributed by atoms with Crippen molar-refractivity contribution in [1.82, 2.24) is 14.9 Å². The number of nitrogens with one attached hydrogen (secondary N) is 2. The number of likely N-dealkylation sites (N-methyl/N-ethyl adjacent to an activating group) is 1. The van der Waals surface area contributed by atoms with Crippen LogP contribution in [0.1, 0.15) is 5.56 Å². The second kappa shape index (κ2) is 6.95. The van der Waals surface area contributed by atoms with Crippen molar-refractivity contribution in [3.63, 3.8) is 0 Å². The first-order valence-electron chi connectivity index (χ1n) is 6.96. The highest BCUT2D eigenvalue weighted by Crippen LogP contribution is 2.20. The lowest BCUT2D eigenvalue weighted by molar-refractivity contribution is -0.124. The Morgan fingerprint density at radius 3 is 2.68 bits per heavy atom. The number of carbonyl (C=O) groups is 1. The second-order valence-electron chi connectivity index (χ2n) is 5.52. The van der Waals surface area contributed by atoms with E-state index < -0.39 is 22.0 Å². The number of nitrogens with zero attached hydrogens (tertiary/aromatic N) is 1. The number of hydrogen-bond acceptors (Lipinski definition) is 4. The van der Waals surface area contributed by atoms with Crippen LogP contribution in [0.25, 0.3) is 0 Å². The van der Waals surface area contributed by atoms with Crippen LogP contribution in [-0.2, 0) is 20.6 Å². The predicted molar refractivity (Wildman–Crippen MR) is 86.1 cm³/mol. The van der Waals surface area contributed by atoms with Crippen molar-refractivity contribution < 1.29 is 13.2 Å². The molecule has 1 fully saturated rings. The molecule has 0 aliphatic carbocycles. The van der Waals surface area contributed by atoms with Crippen molar-refractivity contribution >= 4 is 27.5 Å². The first kappa shape index (κ1) is 17.2. The largest absolute Gasteiger partial charge is 0.359 e. The quantitative estimate of drug-likeness (QED) is 0.811. The summed E-state index contributed by atoms with van der Waals surface area (Å²) in [6, 6.07) is 6.39. The van der Waals surface area contributed by atoms with Gasteiger partial charge in [-0.2, -0.15) is 0 Å². The fraction of sp³-hybridized carbons (Fsp3) is 0.500. The Hall–Kier alpha value is -1.15. The van der Waals surface area contributed by atoms with Crippen molar-refractivity contribution in [3.8, 4) is 0 Å². The van der Waals surface area contributed by atoms with E-state index in [-0.39, 0.29) is 11.7 Å². The Kier molecular flexibility index (Phi) is 5.44. The monoisotopic (exact) mass is 345 g/mol. The van der Waals surface area contributed by atoms with Crippen LogP contribution >= 0.6 is 11.6 Å². The molecule has 1 heterocycles. The molecule has 6 nitrogen and oxygen atoms in total. The molecule has 0 saturated carbocycles. The highest BCUT2D eigenvalue weighted by atomic mass is 35.5. The molecule has 0 radical (unpaired) electrons. The Morgan fingerprint density at radius 1 is 1.36 bits per heavy atom. The van der Waals surface area contributed by atoms with Gasteiger partial charge in [-0.1, -0.05) is 29.8 Å². The van der Waals surface area contributed by atoms with E-state index in [1.165, 1.54) is 0 Å². The van der Waals surface area contributed by atoms with Crippen molar-refractivity contribution in [2.45, 2.75) is 11.8 Å². The zero-order valence-corrected chi connectivity index (χ0v) is 14.1. The van der Waals surface area contributed by atoms with Gasteiger partial charge in [0.15, 0.2) is 0 Å². The van der Waals surface area contributed by atoms with E-state index in [2.05, 4.69) is 10.0 Å². The summed E-state index contributed by atoms with van der Waals surface area (Å²) in [5.41, 5.74) is 0.541. The lowest BCUT2D eigenvalue weighted by Gasteiger charge is -2.18. The van der Waals surface area contributed by atoms with Gasteiger partial charge in [-0.3, -0.25) is 4.79 Å². The molecular weight excluding hydrogens is 326 g/mol. The van der Waals surface area contributed by atoms with Gasteiger partial charge in [-0.25, -0.2) is 13.1 Å². The van der Waals surface area contributed by atoms with Gasteiger partial charge in [-0.15, -0.1) is 0 Å². The Bertz CT molecular complexity index is 650. The minimum Gasteiger partial charge on any atom is -0.359 e. The Morgan fingerprint density at radius 2 is 2.05 bits per heavy atom. The van der Waals surface area contributed by atoms with Crippen LogP contribution in [0.3, 0.4) is 0 Å². The number of carbonyl (C=O) groups excluding carboxylic acids is 1. The number of hydrogen-bond donors (Lipinski definition) is 2. The number of halogens is 1. The van der Waals surface area contributed by atoms with Crippen LogP contribution in [0.2, 0.25) is 5.02 Å². The minimum absolute atomic E-state index is 0.158. The molecular formula is C14H20ClN3O3S. The lowest BCUT2D eigenvalue weighted by Crippen LogP contribution is -2.45. The molecule has 1 amide bonds. The average Bonchev–Trinajstić information content (AvgIpc) is 2.80. The summed E-state index contributed by atoms with van der Waals surface area (Å²) in [5.74, 6) is -0.751.